The van der Waals surface area contributed by atoms with Gasteiger partial charge in [-0.3, -0.25) is 14.4 Å². The summed E-state index contributed by atoms with van der Waals surface area (Å²) >= 11 is 0. The van der Waals surface area contributed by atoms with Gasteiger partial charge in [0, 0.05) is 68.5 Å². The number of likely N-dealkylation sites (tertiary alicyclic amines) is 3. The summed E-state index contributed by atoms with van der Waals surface area (Å²) in [6.07, 6.45) is 19.5. The number of nitriles is 1. The normalized spacial score (nSPS) is 34.4. The van der Waals surface area contributed by atoms with E-state index in [1.807, 2.05) is 106 Å². The van der Waals surface area contributed by atoms with Crippen LogP contribution in [-0.4, -0.2) is 107 Å². The first-order valence-electron chi connectivity index (χ1n) is 37.4. The molecule has 0 spiro atoms. The summed E-state index contributed by atoms with van der Waals surface area (Å²) in [5.41, 5.74) is 5.23. The number of carbonyl (C=O) groups is 5. The Morgan fingerprint density at radius 1 is 0.510 bits per heavy atom. The van der Waals surface area contributed by atoms with Crippen molar-refractivity contribution < 1.29 is 47.0 Å². The molecule has 100 heavy (non-hydrogen) atoms. The molecule has 0 radical (unpaired) electrons. The fourth-order valence-corrected chi connectivity index (χ4v) is 23.0. The third-order valence-corrected chi connectivity index (χ3v) is 27.7. The maximum atomic E-state index is 13.8. The molecule has 20 rings (SSSR count). The first-order chi connectivity index (χ1) is 48.1. The highest BCUT2D eigenvalue weighted by atomic mass is 19.1. The zero-order valence-electron chi connectivity index (χ0n) is 58.6. The zero-order valence-corrected chi connectivity index (χ0v) is 58.6. The Labute approximate surface area is 588 Å². The molecular formula is C83H99F2N7O8. The number of amides is 5. The van der Waals surface area contributed by atoms with E-state index in [9.17, 15) is 32.8 Å². The summed E-state index contributed by atoms with van der Waals surface area (Å²) in [6.45, 7) is 13.5. The van der Waals surface area contributed by atoms with Crippen LogP contribution in [0.2, 0.25) is 0 Å². The van der Waals surface area contributed by atoms with Gasteiger partial charge in [0.25, 0.3) is 0 Å². The maximum absolute atomic E-state index is 13.8. The van der Waals surface area contributed by atoms with Crippen molar-refractivity contribution in [1.29, 1.82) is 5.26 Å². The molecule has 15 nitrogen and oxygen atoms in total. The number of halogens is 2. The molecular weight excluding hydrogens is 1260 g/mol. The minimum absolute atomic E-state index is 0.00405. The van der Waals surface area contributed by atoms with Crippen molar-refractivity contribution in [3.63, 3.8) is 0 Å². The van der Waals surface area contributed by atoms with E-state index < -0.39 is 12.2 Å². The van der Waals surface area contributed by atoms with Crippen LogP contribution in [0, 0.1) is 104 Å². The van der Waals surface area contributed by atoms with Crippen LogP contribution in [0.4, 0.5) is 18.4 Å². The Morgan fingerprint density at radius 2 is 0.910 bits per heavy atom. The number of nitrogens with zero attached hydrogens (tertiary/aromatic N) is 5. The van der Waals surface area contributed by atoms with Gasteiger partial charge in [-0.25, -0.2) is 23.4 Å². The molecule has 15 aliphatic rings. The number of rotatable bonds is 16. The lowest BCUT2D eigenvalue weighted by atomic mass is 9.39. The number of benzene rings is 4. The van der Waals surface area contributed by atoms with Crippen molar-refractivity contribution in [3.05, 3.63) is 167 Å². The Kier molecular flexibility index (Phi) is 18.4. The number of aromatic nitrogens is 1. The third kappa shape index (κ3) is 13.4. The van der Waals surface area contributed by atoms with E-state index in [-0.39, 0.29) is 77.0 Å². The van der Waals surface area contributed by atoms with Gasteiger partial charge < -0.3 is 39.5 Å². The fraction of sp³-hybridized carbons (Fsp3) is 0.578. The van der Waals surface area contributed by atoms with Crippen molar-refractivity contribution in [3.8, 4) is 11.9 Å². The Hall–Kier alpha value is -7.87. The molecule has 4 unspecified atom stereocenters. The molecule has 528 valence electrons. The predicted molar refractivity (Wildman–Crippen MR) is 373 cm³/mol. The summed E-state index contributed by atoms with van der Waals surface area (Å²) in [4.78, 5) is 74.2. The fourth-order valence-electron chi connectivity index (χ4n) is 23.0. The molecule has 2 N–H and O–H groups in total. The average Bonchev–Trinajstić information content (AvgIpc) is 0.710. The van der Waals surface area contributed by atoms with Crippen LogP contribution in [-0.2, 0) is 47.9 Å². The van der Waals surface area contributed by atoms with Gasteiger partial charge in [0.15, 0.2) is 0 Å². The molecule has 4 heterocycles. The van der Waals surface area contributed by atoms with Crippen molar-refractivity contribution in [2.75, 3.05) is 39.3 Å². The van der Waals surface area contributed by atoms with E-state index in [1.54, 1.807) is 36.4 Å². The lowest BCUT2D eigenvalue weighted by molar-refractivity contribution is -0.157. The van der Waals surface area contributed by atoms with Crippen LogP contribution < -0.4 is 15.4 Å². The van der Waals surface area contributed by atoms with Gasteiger partial charge in [-0.15, -0.1) is 0 Å². The largest absolute Gasteiger partial charge is 0.471 e. The molecule has 17 heteroatoms. The minimum Gasteiger partial charge on any atom is -0.471 e. The second-order valence-electron chi connectivity index (χ2n) is 34.1. The zero-order chi connectivity index (χ0) is 69.3. The molecule has 12 saturated carbocycles. The van der Waals surface area contributed by atoms with E-state index in [4.69, 9.17) is 19.5 Å². The van der Waals surface area contributed by atoms with Gasteiger partial charge in [0.05, 0.1) is 30.7 Å². The van der Waals surface area contributed by atoms with E-state index in [1.165, 1.54) is 83.2 Å². The second-order valence-corrected chi connectivity index (χ2v) is 34.1. The number of ether oxygens (including phenoxy) is 3. The highest BCUT2D eigenvalue weighted by molar-refractivity contribution is 5.81. The van der Waals surface area contributed by atoms with Gasteiger partial charge in [-0.05, 0) is 224 Å². The predicted octanol–water partition coefficient (Wildman–Crippen LogP) is 14.5. The van der Waals surface area contributed by atoms with Gasteiger partial charge in [0.1, 0.15) is 37.0 Å². The SMILES string of the molecule is CC12CC3CC(C1)C(CC(=O)N1CC(NC(=O)OCc4ccccc4)C1)(c1ccc(F)cc1)C(C3)C2.CC12CC3CC(C1)C(CC(=O)N1CC(Oc4ccc(C#N)cn4)C1)(c1ccc(F)cc1)C(C3)C2.CC1C2CC3CC1CC(C2)C3(C)CC(=O)N1CC(NC(=O)OCc2ccccc2)C1. The molecule has 1 aromatic heterocycles. The van der Waals surface area contributed by atoms with Crippen molar-refractivity contribution >= 4 is 29.9 Å². The van der Waals surface area contributed by atoms with Crippen LogP contribution in [0.15, 0.2) is 128 Å². The van der Waals surface area contributed by atoms with Gasteiger partial charge in [0.2, 0.25) is 23.6 Å². The van der Waals surface area contributed by atoms with Crippen molar-refractivity contribution in [2.45, 2.75) is 179 Å². The monoisotopic (exact) mass is 1360 g/mol. The molecule has 5 amide bonds. The number of nitrogens with one attached hydrogen (secondary N) is 2. The topological polar surface area (TPSA) is 184 Å². The first-order valence-corrected chi connectivity index (χ1v) is 37.4. The average molecular weight is 1360 g/mol. The molecule has 3 aliphatic heterocycles. The van der Waals surface area contributed by atoms with Crippen LogP contribution in [0.5, 0.6) is 5.88 Å². The van der Waals surface area contributed by atoms with Crippen LogP contribution in [0.1, 0.15) is 165 Å². The highest BCUT2D eigenvalue weighted by Crippen LogP contribution is 2.70. The van der Waals surface area contributed by atoms with Crippen molar-refractivity contribution in [1.82, 2.24) is 30.3 Å². The maximum Gasteiger partial charge on any atom is 0.407 e. The summed E-state index contributed by atoms with van der Waals surface area (Å²) in [7, 11) is 0. The number of hydrogen-bond acceptors (Lipinski definition) is 10. The van der Waals surface area contributed by atoms with Crippen LogP contribution in [0.3, 0.4) is 0 Å². The summed E-state index contributed by atoms with van der Waals surface area (Å²) in [5.74, 6) is 8.18. The van der Waals surface area contributed by atoms with E-state index in [0.29, 0.717) is 104 Å². The van der Waals surface area contributed by atoms with Crippen molar-refractivity contribution in [2.24, 2.45) is 81.3 Å². The quantitative estimate of drug-likeness (QED) is 0.0964. The van der Waals surface area contributed by atoms with E-state index in [0.717, 1.165) is 76.5 Å². The summed E-state index contributed by atoms with van der Waals surface area (Å²) < 4.78 is 44.1. The molecule has 3 saturated heterocycles. The lowest BCUT2D eigenvalue weighted by Gasteiger charge is -2.65. The summed E-state index contributed by atoms with van der Waals surface area (Å²) in [6, 6.07) is 38.5. The molecule has 15 fully saturated rings. The van der Waals surface area contributed by atoms with Crippen LogP contribution in [0.25, 0.3) is 0 Å². The number of pyridine rings is 1. The highest BCUT2D eigenvalue weighted by Gasteiger charge is 2.64. The number of carbonyl (C=O) groups excluding carboxylic acids is 5. The van der Waals surface area contributed by atoms with Crippen LogP contribution >= 0.6 is 0 Å². The van der Waals surface area contributed by atoms with E-state index >= 15 is 0 Å². The molecule has 4 aromatic carbocycles. The molecule has 12 bridgehead atoms. The van der Waals surface area contributed by atoms with Gasteiger partial charge in [-0.2, -0.15) is 5.26 Å². The standard InChI is InChI=1S/C30H35FN2O3.C28H30FN3O2.C25H34N2O3/c1-29-13-21-11-23(14-29)30(24(12-21)15-29,22-7-9-25(31)10-8-22)16-27(34)33-17-26(18-33)32-28(35)36-19-20-5-3-2-4-6-20;1-27-10-19-8-21(11-27)28(22(9-19)12-27,20-3-5-23(29)6-4-20)13-26(33)32-16-24(17-32)34-25-7-2-18(14-30)15-31-25;1-16-18-8-20-10-19(16)11-21(9-18)25(20,2)12-23(28)27-13-22(14-27)26-24(29)30-15-17-6-4-3-5-7-17/h2-10,21,23-24,26H,11-19H2,1H3,(H,32,35);2-7,15,19,21-22,24H,8-13,16-17H2,1H3;3-7,16,18-22H,8-15H2,1-2H3,(H,26,29). The number of alkyl carbamates (subject to hydrolysis) is 2. The van der Waals surface area contributed by atoms with E-state index in [2.05, 4.69) is 43.3 Å². The first kappa shape index (κ1) is 67.9. The van der Waals surface area contributed by atoms with Gasteiger partial charge >= 0.3 is 12.2 Å². The molecule has 4 atom stereocenters. The summed E-state index contributed by atoms with van der Waals surface area (Å²) in [5, 5.41) is 14.7. The minimum atomic E-state index is -0.451. The van der Waals surface area contributed by atoms with Gasteiger partial charge in [-0.1, -0.05) is 113 Å². The second kappa shape index (κ2) is 27.1. The Balaban J connectivity index is 0.000000122. The Bertz CT molecular complexity index is 3790. The Morgan fingerprint density at radius 3 is 1.29 bits per heavy atom. The third-order valence-electron chi connectivity index (χ3n) is 27.7. The lowest BCUT2D eigenvalue weighted by Crippen LogP contribution is -2.64. The number of hydrogen-bond donors (Lipinski definition) is 2. The molecule has 5 aromatic rings. The molecule has 12 aliphatic carbocycles. The smallest absolute Gasteiger partial charge is 0.407 e.